The molecule has 23 heavy (non-hydrogen) atoms. The van der Waals surface area contributed by atoms with Gasteiger partial charge in [-0.25, -0.2) is 0 Å². The van der Waals surface area contributed by atoms with E-state index in [-0.39, 0.29) is 17.9 Å². The summed E-state index contributed by atoms with van der Waals surface area (Å²) in [5, 5.41) is 3.05. The predicted molar refractivity (Wildman–Crippen MR) is 99.6 cm³/mol. The summed E-state index contributed by atoms with van der Waals surface area (Å²) >= 11 is 2.21. The second-order valence-electron chi connectivity index (χ2n) is 6.00. The van der Waals surface area contributed by atoms with Crippen LogP contribution in [0.5, 0.6) is 5.75 Å². The molecule has 4 heteroatoms. The largest absolute Gasteiger partial charge is 0.483 e. The first-order chi connectivity index (χ1) is 11.2. The standard InChI is InChI=1S/C19H20INO2/c20-16-9-4-5-10-17(16)23-13-18(22)21-14-19(11-6-12-19)15-7-2-1-3-8-15/h1-5,7-10H,6,11-14H2,(H,21,22). The number of hydrogen-bond donors (Lipinski definition) is 1. The van der Waals surface area contributed by atoms with Crippen LogP contribution in [0, 0.1) is 3.57 Å². The zero-order valence-electron chi connectivity index (χ0n) is 12.9. The molecule has 0 bridgehead atoms. The molecule has 0 atom stereocenters. The van der Waals surface area contributed by atoms with Crippen LogP contribution in [0.15, 0.2) is 54.6 Å². The fourth-order valence-corrected chi connectivity index (χ4v) is 3.53. The van der Waals surface area contributed by atoms with E-state index in [4.69, 9.17) is 4.74 Å². The Bertz CT molecular complexity index is 668. The van der Waals surface area contributed by atoms with Crippen LogP contribution >= 0.6 is 22.6 Å². The number of para-hydroxylation sites is 1. The van der Waals surface area contributed by atoms with Crippen molar-refractivity contribution in [2.24, 2.45) is 0 Å². The summed E-state index contributed by atoms with van der Waals surface area (Å²) < 4.78 is 6.61. The summed E-state index contributed by atoms with van der Waals surface area (Å²) in [6.45, 7) is 0.746. The van der Waals surface area contributed by atoms with Gasteiger partial charge >= 0.3 is 0 Å². The Kier molecular flexibility index (Phi) is 5.20. The number of hydrogen-bond acceptors (Lipinski definition) is 2. The van der Waals surface area contributed by atoms with Crippen molar-refractivity contribution in [3.05, 3.63) is 63.7 Å². The molecule has 2 aromatic rings. The molecule has 0 aliphatic heterocycles. The highest BCUT2D eigenvalue weighted by Crippen LogP contribution is 2.43. The summed E-state index contributed by atoms with van der Waals surface area (Å²) in [7, 11) is 0. The maximum Gasteiger partial charge on any atom is 0.257 e. The average molecular weight is 421 g/mol. The summed E-state index contributed by atoms with van der Waals surface area (Å²) in [5.74, 6) is 0.691. The second-order valence-corrected chi connectivity index (χ2v) is 7.16. The van der Waals surface area contributed by atoms with E-state index < -0.39 is 0 Å². The predicted octanol–water partition coefficient (Wildman–Crippen LogP) is 3.91. The Balaban J connectivity index is 1.53. The molecule has 3 rings (SSSR count). The van der Waals surface area contributed by atoms with Gasteiger partial charge in [0.25, 0.3) is 5.91 Å². The molecule has 0 spiro atoms. The molecular formula is C19H20INO2. The lowest BCUT2D eigenvalue weighted by atomic mass is 9.64. The van der Waals surface area contributed by atoms with Crippen LogP contribution in [-0.4, -0.2) is 19.1 Å². The van der Waals surface area contributed by atoms with Gasteiger partial charge in [0, 0.05) is 12.0 Å². The minimum Gasteiger partial charge on any atom is -0.483 e. The molecule has 1 fully saturated rings. The third-order valence-corrected chi connectivity index (χ3v) is 5.41. The van der Waals surface area contributed by atoms with E-state index in [1.807, 2.05) is 30.3 Å². The highest BCUT2D eigenvalue weighted by atomic mass is 127. The van der Waals surface area contributed by atoms with Gasteiger partial charge in [-0.3, -0.25) is 4.79 Å². The van der Waals surface area contributed by atoms with E-state index >= 15 is 0 Å². The molecular weight excluding hydrogens is 401 g/mol. The molecule has 1 N–H and O–H groups in total. The van der Waals surface area contributed by atoms with Crippen LogP contribution in [0.1, 0.15) is 24.8 Å². The quantitative estimate of drug-likeness (QED) is 0.719. The Morgan fingerprint density at radius 3 is 2.43 bits per heavy atom. The van der Waals surface area contributed by atoms with Gasteiger partial charge in [0.15, 0.2) is 6.61 Å². The topological polar surface area (TPSA) is 38.3 Å². The van der Waals surface area contributed by atoms with Crippen molar-refractivity contribution in [2.75, 3.05) is 13.2 Å². The Hall–Kier alpha value is -1.56. The zero-order valence-corrected chi connectivity index (χ0v) is 15.1. The van der Waals surface area contributed by atoms with Gasteiger partial charge in [-0.05, 0) is 53.1 Å². The molecule has 1 aliphatic carbocycles. The third kappa shape index (κ3) is 3.86. The molecule has 2 aromatic carbocycles. The van der Waals surface area contributed by atoms with Crippen molar-refractivity contribution >= 4 is 28.5 Å². The SMILES string of the molecule is O=C(COc1ccccc1I)NCC1(c2ccccc2)CCC1. The Morgan fingerprint density at radius 2 is 1.78 bits per heavy atom. The van der Waals surface area contributed by atoms with Crippen molar-refractivity contribution in [1.29, 1.82) is 0 Å². The minimum atomic E-state index is -0.0631. The molecule has 3 nitrogen and oxygen atoms in total. The minimum absolute atomic E-state index is 0.0604. The summed E-state index contributed by atoms with van der Waals surface area (Å²) in [6.07, 6.45) is 3.49. The van der Waals surface area contributed by atoms with Gasteiger partial charge in [0.1, 0.15) is 5.75 Å². The number of carbonyl (C=O) groups is 1. The monoisotopic (exact) mass is 421 g/mol. The van der Waals surface area contributed by atoms with Gasteiger partial charge in [-0.2, -0.15) is 0 Å². The number of amides is 1. The highest BCUT2D eigenvalue weighted by molar-refractivity contribution is 14.1. The maximum atomic E-state index is 12.1. The van der Waals surface area contributed by atoms with Crippen molar-refractivity contribution in [1.82, 2.24) is 5.32 Å². The number of carbonyl (C=O) groups excluding carboxylic acids is 1. The van der Waals surface area contributed by atoms with E-state index in [0.29, 0.717) is 6.54 Å². The van der Waals surface area contributed by atoms with E-state index in [1.165, 1.54) is 12.0 Å². The molecule has 1 amide bonds. The lowest BCUT2D eigenvalue weighted by Gasteiger charge is -2.42. The smallest absolute Gasteiger partial charge is 0.257 e. The first-order valence-electron chi connectivity index (χ1n) is 7.89. The molecule has 0 saturated heterocycles. The van der Waals surface area contributed by atoms with Gasteiger partial charge in [-0.1, -0.05) is 48.9 Å². The van der Waals surface area contributed by atoms with Gasteiger partial charge in [0.2, 0.25) is 0 Å². The van der Waals surface area contributed by atoms with Gasteiger partial charge in [0.05, 0.1) is 3.57 Å². The van der Waals surface area contributed by atoms with Crippen LogP contribution < -0.4 is 10.1 Å². The number of benzene rings is 2. The van der Waals surface area contributed by atoms with E-state index in [2.05, 4.69) is 52.2 Å². The summed E-state index contributed by atoms with van der Waals surface area (Å²) in [5.41, 5.74) is 1.43. The fourth-order valence-electron chi connectivity index (χ4n) is 2.99. The normalized spacial score (nSPS) is 15.5. The van der Waals surface area contributed by atoms with Gasteiger partial charge < -0.3 is 10.1 Å². The van der Waals surface area contributed by atoms with E-state index in [1.54, 1.807) is 0 Å². The molecule has 0 aromatic heterocycles. The molecule has 1 saturated carbocycles. The maximum absolute atomic E-state index is 12.1. The molecule has 0 unspecified atom stereocenters. The fraction of sp³-hybridized carbons (Fsp3) is 0.316. The molecule has 1 aliphatic rings. The van der Waals surface area contributed by atoms with Crippen molar-refractivity contribution < 1.29 is 9.53 Å². The lowest BCUT2D eigenvalue weighted by molar-refractivity contribution is -0.123. The zero-order chi connectivity index (χ0) is 16.1. The summed E-state index contributed by atoms with van der Waals surface area (Å²) in [4.78, 5) is 12.1. The highest BCUT2D eigenvalue weighted by Gasteiger charge is 2.38. The molecule has 0 heterocycles. The van der Waals surface area contributed by atoms with Crippen LogP contribution in [0.4, 0.5) is 0 Å². The second kappa shape index (κ2) is 7.34. The van der Waals surface area contributed by atoms with Crippen LogP contribution in [-0.2, 0) is 10.2 Å². The average Bonchev–Trinajstić information content (AvgIpc) is 2.54. The van der Waals surface area contributed by atoms with E-state index in [0.717, 1.165) is 22.2 Å². The number of rotatable bonds is 6. The molecule has 120 valence electrons. The first-order valence-corrected chi connectivity index (χ1v) is 8.97. The Labute approximate surface area is 150 Å². The number of ether oxygens (including phenoxy) is 1. The number of nitrogens with one attached hydrogen (secondary N) is 1. The number of halogens is 1. The summed E-state index contributed by atoms with van der Waals surface area (Å²) in [6, 6.07) is 18.2. The van der Waals surface area contributed by atoms with Crippen molar-refractivity contribution in [2.45, 2.75) is 24.7 Å². The van der Waals surface area contributed by atoms with Crippen LogP contribution in [0.3, 0.4) is 0 Å². The first kappa shape index (κ1) is 16.3. The van der Waals surface area contributed by atoms with Crippen LogP contribution in [0.25, 0.3) is 0 Å². The Morgan fingerprint density at radius 1 is 1.09 bits per heavy atom. The van der Waals surface area contributed by atoms with Gasteiger partial charge in [-0.15, -0.1) is 0 Å². The van der Waals surface area contributed by atoms with Crippen molar-refractivity contribution in [3.8, 4) is 5.75 Å². The van der Waals surface area contributed by atoms with Crippen LogP contribution in [0.2, 0.25) is 0 Å². The lowest BCUT2D eigenvalue weighted by Crippen LogP contribution is -2.46. The molecule has 0 radical (unpaired) electrons. The van der Waals surface area contributed by atoms with Crippen molar-refractivity contribution in [3.63, 3.8) is 0 Å². The van der Waals surface area contributed by atoms with E-state index in [9.17, 15) is 4.79 Å². The third-order valence-electron chi connectivity index (χ3n) is 4.52.